The number of amides is 1. The summed E-state index contributed by atoms with van der Waals surface area (Å²) in [5.74, 6) is 0.907. The smallest absolute Gasteiger partial charge is 0.235 e. The van der Waals surface area contributed by atoms with Crippen molar-refractivity contribution in [2.24, 2.45) is 5.41 Å². The molecule has 1 amide bonds. The number of piperidine rings is 1. The molecule has 1 fully saturated rings. The molecule has 1 N–H and O–H groups in total. The summed E-state index contributed by atoms with van der Waals surface area (Å²) in [5.41, 5.74) is 0.448. The van der Waals surface area contributed by atoms with Gasteiger partial charge in [-0.3, -0.25) is 4.79 Å². The minimum Gasteiger partial charge on any atom is -0.497 e. The molecular weight excluding hydrogens is 268 g/mol. The highest BCUT2D eigenvalue weighted by Crippen LogP contribution is 2.33. The molecule has 0 bridgehead atoms. The molecule has 1 heterocycles. The Kier molecular flexibility index (Phi) is 5.20. The van der Waals surface area contributed by atoms with Gasteiger partial charge in [-0.15, -0.1) is 0 Å². The minimum absolute atomic E-state index is 0.121. The van der Waals surface area contributed by atoms with Crippen LogP contribution in [0.3, 0.4) is 0 Å². The van der Waals surface area contributed by atoms with E-state index in [0.29, 0.717) is 6.61 Å². The maximum Gasteiger partial charge on any atom is 0.235 e. The second kappa shape index (κ2) is 6.91. The number of hydrogen-bond acceptors (Lipinski definition) is 4. The van der Waals surface area contributed by atoms with Crippen LogP contribution in [0.2, 0.25) is 0 Å². The van der Waals surface area contributed by atoms with Gasteiger partial charge in [-0.2, -0.15) is 0 Å². The Hall–Kier alpha value is -1.59. The van der Waals surface area contributed by atoms with Gasteiger partial charge in [-0.1, -0.05) is 0 Å². The molecule has 2 rings (SSSR count). The van der Waals surface area contributed by atoms with Gasteiger partial charge in [0.2, 0.25) is 5.91 Å². The number of benzene rings is 1. The molecule has 0 unspecified atom stereocenters. The Bertz CT molecular complexity index is 461. The quantitative estimate of drug-likeness (QED) is 0.897. The predicted octanol–water partition coefficient (Wildman–Crippen LogP) is 1.67. The van der Waals surface area contributed by atoms with E-state index >= 15 is 0 Å². The zero-order valence-corrected chi connectivity index (χ0v) is 13.0. The first-order valence-electron chi connectivity index (χ1n) is 7.25. The molecule has 0 saturated carbocycles. The zero-order chi connectivity index (χ0) is 15.3. The average molecular weight is 292 g/mol. The average Bonchev–Trinajstić information content (AvgIpc) is 2.54. The Morgan fingerprint density at radius 3 is 2.38 bits per heavy atom. The SMILES string of the molecule is COCC1(C(=O)N(C)c2ccc(OC)cc2)CCNCC1. The monoisotopic (exact) mass is 292 g/mol. The third-order valence-corrected chi connectivity index (χ3v) is 4.20. The van der Waals surface area contributed by atoms with Crippen LogP contribution in [0.4, 0.5) is 5.69 Å². The molecule has 0 spiro atoms. The van der Waals surface area contributed by atoms with Gasteiger partial charge in [-0.25, -0.2) is 0 Å². The summed E-state index contributed by atoms with van der Waals surface area (Å²) in [6.45, 7) is 2.17. The highest BCUT2D eigenvalue weighted by Gasteiger charge is 2.41. The van der Waals surface area contributed by atoms with Gasteiger partial charge >= 0.3 is 0 Å². The molecule has 0 radical (unpaired) electrons. The summed E-state index contributed by atoms with van der Waals surface area (Å²) in [6, 6.07) is 7.53. The Morgan fingerprint density at radius 1 is 1.24 bits per heavy atom. The lowest BCUT2D eigenvalue weighted by Crippen LogP contribution is -2.50. The fraction of sp³-hybridized carbons (Fsp3) is 0.562. The summed E-state index contributed by atoms with van der Waals surface area (Å²) in [6.07, 6.45) is 1.61. The third-order valence-electron chi connectivity index (χ3n) is 4.20. The first-order chi connectivity index (χ1) is 10.1. The van der Waals surface area contributed by atoms with E-state index < -0.39 is 5.41 Å². The Morgan fingerprint density at radius 2 is 1.86 bits per heavy atom. The van der Waals surface area contributed by atoms with Gasteiger partial charge in [0.25, 0.3) is 0 Å². The molecule has 1 aromatic carbocycles. The van der Waals surface area contributed by atoms with Crippen molar-refractivity contribution in [3.8, 4) is 5.75 Å². The van der Waals surface area contributed by atoms with Crippen molar-refractivity contribution in [1.29, 1.82) is 0 Å². The maximum absolute atomic E-state index is 13.0. The second-order valence-corrected chi connectivity index (χ2v) is 5.53. The lowest BCUT2D eigenvalue weighted by Gasteiger charge is -2.38. The molecule has 0 atom stereocenters. The number of hydrogen-bond donors (Lipinski definition) is 1. The highest BCUT2D eigenvalue weighted by atomic mass is 16.5. The van der Waals surface area contributed by atoms with Crippen LogP contribution >= 0.6 is 0 Å². The molecule has 1 aliphatic heterocycles. The number of ether oxygens (including phenoxy) is 2. The third kappa shape index (κ3) is 3.36. The van der Waals surface area contributed by atoms with Crippen molar-refractivity contribution in [2.45, 2.75) is 12.8 Å². The van der Waals surface area contributed by atoms with Gasteiger partial charge < -0.3 is 19.7 Å². The van der Waals surface area contributed by atoms with Crippen LogP contribution in [0.5, 0.6) is 5.75 Å². The van der Waals surface area contributed by atoms with E-state index in [-0.39, 0.29) is 5.91 Å². The topological polar surface area (TPSA) is 50.8 Å². The molecule has 116 valence electrons. The molecule has 1 aliphatic rings. The normalized spacial score (nSPS) is 17.3. The van der Waals surface area contributed by atoms with Crippen molar-refractivity contribution in [3.63, 3.8) is 0 Å². The van der Waals surface area contributed by atoms with Crippen LogP contribution in [0.1, 0.15) is 12.8 Å². The summed E-state index contributed by atoms with van der Waals surface area (Å²) < 4.78 is 10.5. The van der Waals surface area contributed by atoms with Crippen LogP contribution < -0.4 is 15.0 Å². The largest absolute Gasteiger partial charge is 0.497 e. The van der Waals surface area contributed by atoms with Gasteiger partial charge in [0.15, 0.2) is 0 Å². The van der Waals surface area contributed by atoms with Gasteiger partial charge in [0.1, 0.15) is 5.75 Å². The van der Waals surface area contributed by atoms with E-state index in [0.717, 1.165) is 37.4 Å². The number of rotatable bonds is 5. The van der Waals surface area contributed by atoms with E-state index in [1.165, 1.54) is 0 Å². The molecule has 5 nitrogen and oxygen atoms in total. The van der Waals surface area contributed by atoms with Gasteiger partial charge in [-0.05, 0) is 50.2 Å². The molecular formula is C16H24N2O3. The zero-order valence-electron chi connectivity index (χ0n) is 13.0. The van der Waals surface area contributed by atoms with Gasteiger partial charge in [0, 0.05) is 19.8 Å². The van der Waals surface area contributed by atoms with Crippen molar-refractivity contribution in [3.05, 3.63) is 24.3 Å². The summed E-state index contributed by atoms with van der Waals surface area (Å²) in [5, 5.41) is 3.30. The molecule has 1 saturated heterocycles. The summed E-state index contributed by atoms with van der Waals surface area (Å²) >= 11 is 0. The van der Waals surface area contributed by atoms with Crippen molar-refractivity contribution in [2.75, 3.05) is 45.9 Å². The van der Waals surface area contributed by atoms with Gasteiger partial charge in [0.05, 0.1) is 19.1 Å². The van der Waals surface area contributed by atoms with Crippen LogP contribution in [-0.2, 0) is 9.53 Å². The van der Waals surface area contributed by atoms with Crippen LogP contribution in [0.15, 0.2) is 24.3 Å². The molecule has 5 heteroatoms. The fourth-order valence-electron chi connectivity index (χ4n) is 2.88. The number of nitrogens with one attached hydrogen (secondary N) is 1. The molecule has 21 heavy (non-hydrogen) atoms. The standard InChI is InChI=1S/C16H24N2O3/c1-18(13-4-6-14(21-3)7-5-13)15(19)16(12-20-2)8-10-17-11-9-16/h4-7,17H,8-12H2,1-3H3. The fourth-order valence-corrected chi connectivity index (χ4v) is 2.88. The van der Waals surface area contributed by atoms with E-state index in [1.54, 1.807) is 19.1 Å². The van der Waals surface area contributed by atoms with E-state index in [4.69, 9.17) is 9.47 Å². The Balaban J connectivity index is 2.18. The number of nitrogens with zero attached hydrogens (tertiary/aromatic N) is 1. The molecule has 0 aromatic heterocycles. The number of methoxy groups -OCH3 is 2. The number of anilines is 1. The van der Waals surface area contributed by atoms with E-state index in [2.05, 4.69) is 5.32 Å². The molecule has 0 aliphatic carbocycles. The minimum atomic E-state index is -0.422. The van der Waals surface area contributed by atoms with Crippen LogP contribution in [0, 0.1) is 5.41 Å². The summed E-state index contributed by atoms with van der Waals surface area (Å²) in [7, 11) is 5.11. The lowest BCUT2D eigenvalue weighted by atomic mass is 9.78. The van der Waals surface area contributed by atoms with Crippen molar-refractivity contribution < 1.29 is 14.3 Å². The van der Waals surface area contributed by atoms with Crippen LogP contribution in [0.25, 0.3) is 0 Å². The number of carbonyl (C=O) groups is 1. The summed E-state index contributed by atoms with van der Waals surface area (Å²) in [4.78, 5) is 14.7. The highest BCUT2D eigenvalue weighted by molar-refractivity contribution is 5.97. The maximum atomic E-state index is 13.0. The van der Waals surface area contributed by atoms with E-state index in [1.807, 2.05) is 31.3 Å². The molecule has 1 aromatic rings. The Labute approximate surface area is 126 Å². The lowest BCUT2D eigenvalue weighted by molar-refractivity contribution is -0.133. The van der Waals surface area contributed by atoms with E-state index in [9.17, 15) is 4.79 Å². The first kappa shape index (κ1) is 15.8. The second-order valence-electron chi connectivity index (χ2n) is 5.53. The predicted molar refractivity (Wildman–Crippen MR) is 82.8 cm³/mol. The number of carbonyl (C=O) groups excluding carboxylic acids is 1. The van der Waals surface area contributed by atoms with Crippen LogP contribution in [-0.4, -0.2) is 46.9 Å². The van der Waals surface area contributed by atoms with Crippen molar-refractivity contribution in [1.82, 2.24) is 5.32 Å². The van der Waals surface area contributed by atoms with Crippen molar-refractivity contribution >= 4 is 11.6 Å². The first-order valence-corrected chi connectivity index (χ1v) is 7.25.